The molecule has 1 aliphatic carbocycles. The molecule has 0 amide bonds. The SMILES string of the molecule is CC1(C)c2ccccc2-c2c(-c3cccc4c5c6ccccc6c6ccccc6c5n(-c5nc(-c6ccc7c(c6)oc6ccccc67)nc(-c6ccc7c(c6)oc6ccccc67)n5)c34)cccc21. The third-order valence-corrected chi connectivity index (χ3v) is 14.7. The Morgan fingerprint density at radius 1 is 0.368 bits per heavy atom. The molecule has 0 aliphatic heterocycles. The Bertz CT molecular complexity index is 4360. The monoisotopic (exact) mass is 870 g/mol. The van der Waals surface area contributed by atoms with E-state index in [1.165, 1.54) is 38.6 Å². The maximum Gasteiger partial charge on any atom is 0.238 e. The first-order chi connectivity index (χ1) is 33.5. The molecule has 14 aromatic rings. The van der Waals surface area contributed by atoms with Crippen LogP contribution >= 0.6 is 0 Å². The fourth-order valence-corrected chi connectivity index (χ4v) is 11.6. The predicted octanol–water partition coefficient (Wildman–Crippen LogP) is 16.4. The van der Waals surface area contributed by atoms with E-state index in [2.05, 4.69) is 176 Å². The molecular formula is C62H38N4O2. The Labute approximate surface area is 389 Å². The normalized spacial score (nSPS) is 13.3. The van der Waals surface area contributed by atoms with Crippen molar-refractivity contribution in [1.29, 1.82) is 0 Å². The maximum atomic E-state index is 6.47. The topological polar surface area (TPSA) is 69.9 Å². The van der Waals surface area contributed by atoms with Crippen molar-refractivity contribution >= 4 is 87.2 Å². The quantitative estimate of drug-likeness (QED) is 0.165. The number of benzene rings is 10. The molecule has 0 N–H and O–H groups in total. The Hall–Kier alpha value is -8.87. The molecule has 15 rings (SSSR count). The minimum Gasteiger partial charge on any atom is -0.456 e. The summed E-state index contributed by atoms with van der Waals surface area (Å²) in [6.07, 6.45) is 0. The fraction of sp³-hybridized carbons (Fsp3) is 0.0484. The highest BCUT2D eigenvalue weighted by molar-refractivity contribution is 6.33. The van der Waals surface area contributed by atoms with E-state index >= 15 is 0 Å². The van der Waals surface area contributed by atoms with E-state index in [4.69, 9.17) is 23.8 Å². The lowest BCUT2D eigenvalue weighted by atomic mass is 9.82. The van der Waals surface area contributed by atoms with Crippen LogP contribution in [0.1, 0.15) is 25.0 Å². The number of hydrogen-bond acceptors (Lipinski definition) is 5. The van der Waals surface area contributed by atoms with Gasteiger partial charge in [0.15, 0.2) is 11.6 Å². The Morgan fingerprint density at radius 2 is 0.853 bits per heavy atom. The molecule has 0 saturated carbocycles. The van der Waals surface area contributed by atoms with Crippen LogP contribution < -0.4 is 0 Å². The van der Waals surface area contributed by atoms with Crippen LogP contribution in [0.5, 0.6) is 0 Å². The molecule has 0 spiro atoms. The van der Waals surface area contributed by atoms with Crippen LogP contribution in [0.4, 0.5) is 0 Å². The van der Waals surface area contributed by atoms with Gasteiger partial charge in [-0.2, -0.15) is 9.97 Å². The summed E-state index contributed by atoms with van der Waals surface area (Å²) in [5, 5.41) is 11.2. The summed E-state index contributed by atoms with van der Waals surface area (Å²) < 4.78 is 15.3. The molecule has 0 atom stereocenters. The number of para-hydroxylation sites is 3. The summed E-state index contributed by atoms with van der Waals surface area (Å²) in [6.45, 7) is 4.69. The lowest BCUT2D eigenvalue weighted by Crippen LogP contribution is -2.14. The molecule has 0 saturated heterocycles. The third-order valence-electron chi connectivity index (χ3n) is 14.7. The molecule has 0 bridgehead atoms. The minimum absolute atomic E-state index is 0.172. The maximum absolute atomic E-state index is 6.47. The second-order valence-electron chi connectivity index (χ2n) is 18.7. The molecule has 0 unspecified atom stereocenters. The van der Waals surface area contributed by atoms with Gasteiger partial charge in [0.05, 0.1) is 11.0 Å². The van der Waals surface area contributed by atoms with Gasteiger partial charge in [0.25, 0.3) is 0 Å². The summed E-state index contributed by atoms with van der Waals surface area (Å²) in [5.41, 5.74) is 14.2. The van der Waals surface area contributed by atoms with Crippen molar-refractivity contribution in [2.45, 2.75) is 19.3 Å². The smallest absolute Gasteiger partial charge is 0.238 e. The lowest BCUT2D eigenvalue weighted by Gasteiger charge is -2.21. The van der Waals surface area contributed by atoms with Gasteiger partial charge < -0.3 is 8.83 Å². The highest BCUT2D eigenvalue weighted by Crippen LogP contribution is 2.54. The van der Waals surface area contributed by atoms with Crippen LogP contribution in [0.15, 0.2) is 203 Å². The first-order valence-corrected chi connectivity index (χ1v) is 23.2. The number of rotatable bonds is 4. The molecule has 4 heterocycles. The van der Waals surface area contributed by atoms with Crippen molar-refractivity contribution in [2.24, 2.45) is 0 Å². The van der Waals surface area contributed by atoms with Crippen LogP contribution in [-0.2, 0) is 5.41 Å². The van der Waals surface area contributed by atoms with E-state index in [1.807, 2.05) is 36.4 Å². The van der Waals surface area contributed by atoms with E-state index in [1.54, 1.807) is 0 Å². The zero-order chi connectivity index (χ0) is 44.8. The Balaban J connectivity index is 1.09. The number of nitrogens with zero attached hydrogens (tertiary/aromatic N) is 4. The Kier molecular flexibility index (Phi) is 7.47. The molecule has 0 fully saturated rings. The van der Waals surface area contributed by atoms with Crippen LogP contribution in [0.3, 0.4) is 0 Å². The van der Waals surface area contributed by atoms with Crippen molar-refractivity contribution in [3.05, 3.63) is 205 Å². The van der Waals surface area contributed by atoms with Crippen molar-refractivity contribution in [2.75, 3.05) is 0 Å². The average Bonchev–Trinajstić information content (AvgIpc) is 4.13. The van der Waals surface area contributed by atoms with Crippen molar-refractivity contribution in [3.8, 4) is 51.0 Å². The molecule has 318 valence electrons. The molecule has 10 aromatic carbocycles. The van der Waals surface area contributed by atoms with Crippen molar-refractivity contribution < 1.29 is 8.83 Å². The predicted molar refractivity (Wildman–Crippen MR) is 278 cm³/mol. The van der Waals surface area contributed by atoms with Gasteiger partial charge in [0.1, 0.15) is 22.3 Å². The van der Waals surface area contributed by atoms with Gasteiger partial charge in [-0.3, -0.25) is 4.57 Å². The van der Waals surface area contributed by atoms with Gasteiger partial charge in [-0.05, 0) is 80.4 Å². The molecule has 1 aliphatic rings. The highest BCUT2D eigenvalue weighted by Gasteiger charge is 2.37. The Morgan fingerprint density at radius 3 is 1.53 bits per heavy atom. The third kappa shape index (κ3) is 5.09. The molecule has 4 aromatic heterocycles. The van der Waals surface area contributed by atoms with E-state index < -0.39 is 0 Å². The number of aromatic nitrogens is 4. The summed E-state index contributed by atoms with van der Waals surface area (Å²) in [4.78, 5) is 16.4. The highest BCUT2D eigenvalue weighted by atomic mass is 16.3. The standard InChI is InChI=1S/C62H38N4O2/c1-62(2)49-25-10-7-21-47(49)55-44(22-14-26-50(55)62)46-23-13-24-48-56-43-19-5-3-15-37(43)38-16-4-6-20-45(38)58(56)66(57(46)48)61-64-59(35-29-31-41-39-17-8-11-27-51(39)67-53(41)33-35)63-60(65-61)36-30-32-42-40-18-9-12-28-52(40)68-54(42)34-36/h3-34H,1-2H3. The van der Waals surface area contributed by atoms with Gasteiger partial charge in [0, 0.05) is 59.8 Å². The zero-order valence-corrected chi connectivity index (χ0v) is 37.1. The number of hydrogen-bond donors (Lipinski definition) is 0. The summed E-state index contributed by atoms with van der Waals surface area (Å²) in [5.74, 6) is 1.58. The summed E-state index contributed by atoms with van der Waals surface area (Å²) in [6, 6.07) is 68.9. The molecule has 0 radical (unpaired) electrons. The van der Waals surface area contributed by atoms with Crippen LogP contribution in [0, 0.1) is 0 Å². The molecule has 6 nitrogen and oxygen atoms in total. The lowest BCUT2D eigenvalue weighted by molar-refractivity contribution is 0.660. The first-order valence-electron chi connectivity index (χ1n) is 23.2. The average molecular weight is 871 g/mol. The first kappa shape index (κ1) is 37.4. The largest absolute Gasteiger partial charge is 0.456 e. The minimum atomic E-state index is -0.172. The number of furan rings is 2. The van der Waals surface area contributed by atoms with Crippen LogP contribution in [0.25, 0.3) is 138 Å². The summed E-state index contributed by atoms with van der Waals surface area (Å²) in [7, 11) is 0. The zero-order valence-electron chi connectivity index (χ0n) is 37.1. The van der Waals surface area contributed by atoms with Gasteiger partial charge in [-0.1, -0.05) is 172 Å². The van der Waals surface area contributed by atoms with Crippen LogP contribution in [0.2, 0.25) is 0 Å². The van der Waals surface area contributed by atoms with Gasteiger partial charge in [0.2, 0.25) is 5.95 Å². The van der Waals surface area contributed by atoms with Crippen LogP contribution in [-0.4, -0.2) is 19.5 Å². The van der Waals surface area contributed by atoms with Gasteiger partial charge in [-0.25, -0.2) is 4.98 Å². The van der Waals surface area contributed by atoms with E-state index in [9.17, 15) is 0 Å². The van der Waals surface area contributed by atoms with Gasteiger partial charge >= 0.3 is 0 Å². The number of fused-ring (bicyclic) bond motifs is 17. The van der Waals surface area contributed by atoms with Crippen molar-refractivity contribution in [1.82, 2.24) is 19.5 Å². The molecule has 6 heteroatoms. The summed E-state index contributed by atoms with van der Waals surface area (Å²) >= 11 is 0. The molecular weight excluding hydrogens is 833 g/mol. The second-order valence-corrected chi connectivity index (χ2v) is 18.7. The van der Waals surface area contributed by atoms with Gasteiger partial charge in [-0.15, -0.1) is 0 Å². The molecule has 68 heavy (non-hydrogen) atoms. The van der Waals surface area contributed by atoms with E-state index in [0.717, 1.165) is 93.1 Å². The second kappa shape index (κ2) is 13.6. The fourth-order valence-electron chi connectivity index (χ4n) is 11.6. The van der Waals surface area contributed by atoms with Crippen molar-refractivity contribution in [3.63, 3.8) is 0 Å². The van der Waals surface area contributed by atoms with E-state index in [0.29, 0.717) is 17.6 Å². The van der Waals surface area contributed by atoms with E-state index in [-0.39, 0.29) is 5.41 Å².